The van der Waals surface area contributed by atoms with E-state index < -0.39 is 0 Å². The molecule has 0 radical (unpaired) electrons. The van der Waals surface area contributed by atoms with Gasteiger partial charge in [0.1, 0.15) is 11.5 Å². The molecule has 1 aliphatic heterocycles. The van der Waals surface area contributed by atoms with Gasteiger partial charge in [-0.3, -0.25) is 10.2 Å². The highest BCUT2D eigenvalue weighted by Crippen LogP contribution is 2.22. The lowest BCUT2D eigenvalue weighted by atomic mass is 10.1. The smallest absolute Gasteiger partial charge is 0.269 e. The second-order valence-corrected chi connectivity index (χ2v) is 4.19. The van der Waals surface area contributed by atoms with Crippen molar-refractivity contribution >= 4 is 5.91 Å². The number of hydrogen-bond donors (Lipinski definition) is 3. The van der Waals surface area contributed by atoms with Crippen LogP contribution >= 0.6 is 0 Å². The fourth-order valence-electron chi connectivity index (χ4n) is 1.92. The summed E-state index contributed by atoms with van der Waals surface area (Å²) < 4.78 is 0. The molecule has 0 bridgehead atoms. The Labute approximate surface area is 99.6 Å². The molecule has 2 rings (SSSR count). The maximum absolute atomic E-state index is 11.9. The Kier molecular flexibility index (Phi) is 3.49. The number of carbonyl (C=O) groups excluding carboxylic acids is 1. The standard InChI is InChI=1S/C12H16N2O3/c15-9-4-5-11(16)10(8-9)12(17)13-14-6-2-1-3-7-14/h4-5,8,15-16H,1-3,6-7H2,(H,13,17). The summed E-state index contributed by atoms with van der Waals surface area (Å²) in [4.78, 5) is 11.9. The van der Waals surface area contributed by atoms with E-state index in [2.05, 4.69) is 5.43 Å². The summed E-state index contributed by atoms with van der Waals surface area (Å²) in [6.07, 6.45) is 3.31. The summed E-state index contributed by atoms with van der Waals surface area (Å²) in [6.45, 7) is 1.65. The second-order valence-electron chi connectivity index (χ2n) is 4.19. The molecule has 1 aromatic rings. The molecule has 92 valence electrons. The molecule has 1 aliphatic rings. The molecule has 17 heavy (non-hydrogen) atoms. The number of benzene rings is 1. The van der Waals surface area contributed by atoms with E-state index in [1.165, 1.54) is 24.6 Å². The average Bonchev–Trinajstić information content (AvgIpc) is 2.33. The van der Waals surface area contributed by atoms with E-state index in [9.17, 15) is 15.0 Å². The molecule has 1 heterocycles. The monoisotopic (exact) mass is 236 g/mol. The molecule has 1 aromatic carbocycles. The number of amides is 1. The molecule has 0 aliphatic carbocycles. The van der Waals surface area contributed by atoms with Gasteiger partial charge in [-0.25, -0.2) is 5.01 Å². The number of carbonyl (C=O) groups is 1. The van der Waals surface area contributed by atoms with Gasteiger partial charge in [-0.1, -0.05) is 6.42 Å². The number of nitrogens with zero attached hydrogens (tertiary/aromatic N) is 1. The first kappa shape index (κ1) is 11.7. The van der Waals surface area contributed by atoms with Crippen molar-refractivity contribution in [1.82, 2.24) is 10.4 Å². The molecule has 5 heteroatoms. The topological polar surface area (TPSA) is 72.8 Å². The summed E-state index contributed by atoms with van der Waals surface area (Å²) in [5.41, 5.74) is 2.82. The highest BCUT2D eigenvalue weighted by atomic mass is 16.3. The van der Waals surface area contributed by atoms with Gasteiger partial charge in [-0.05, 0) is 31.0 Å². The van der Waals surface area contributed by atoms with E-state index in [0.29, 0.717) is 0 Å². The fraction of sp³-hybridized carbons (Fsp3) is 0.417. The third kappa shape index (κ3) is 2.88. The third-order valence-corrected chi connectivity index (χ3v) is 2.84. The minimum atomic E-state index is -0.389. The number of hydrazine groups is 1. The van der Waals surface area contributed by atoms with Crippen LogP contribution in [0.25, 0.3) is 0 Å². The third-order valence-electron chi connectivity index (χ3n) is 2.84. The molecule has 1 amide bonds. The van der Waals surface area contributed by atoms with Crippen LogP contribution in [0.5, 0.6) is 11.5 Å². The highest BCUT2D eigenvalue weighted by Gasteiger charge is 2.16. The van der Waals surface area contributed by atoms with E-state index >= 15 is 0 Å². The minimum Gasteiger partial charge on any atom is -0.508 e. The predicted molar refractivity (Wildman–Crippen MR) is 62.7 cm³/mol. The van der Waals surface area contributed by atoms with Crippen LogP contribution in [-0.4, -0.2) is 34.2 Å². The van der Waals surface area contributed by atoms with E-state index in [1.54, 1.807) is 0 Å². The number of phenolic OH excluding ortho intramolecular Hbond substituents is 2. The van der Waals surface area contributed by atoms with Gasteiger partial charge in [0.2, 0.25) is 0 Å². The molecular weight excluding hydrogens is 220 g/mol. The predicted octanol–water partition coefficient (Wildman–Crippen LogP) is 1.23. The zero-order chi connectivity index (χ0) is 12.3. The van der Waals surface area contributed by atoms with Gasteiger partial charge < -0.3 is 10.2 Å². The Morgan fingerprint density at radius 1 is 1.18 bits per heavy atom. The van der Waals surface area contributed by atoms with Crippen molar-refractivity contribution in [2.75, 3.05) is 13.1 Å². The van der Waals surface area contributed by atoms with Gasteiger partial charge in [0.15, 0.2) is 0 Å². The normalized spacial score (nSPS) is 16.7. The molecule has 0 aromatic heterocycles. The van der Waals surface area contributed by atoms with Crippen LogP contribution < -0.4 is 5.43 Å². The Balaban J connectivity index is 2.05. The maximum Gasteiger partial charge on any atom is 0.269 e. The number of rotatable bonds is 2. The van der Waals surface area contributed by atoms with Crippen LogP contribution in [0.15, 0.2) is 18.2 Å². The quantitative estimate of drug-likeness (QED) is 0.675. The van der Waals surface area contributed by atoms with E-state index in [0.717, 1.165) is 25.9 Å². The van der Waals surface area contributed by atoms with Crippen LogP contribution in [-0.2, 0) is 0 Å². The molecule has 0 unspecified atom stereocenters. The van der Waals surface area contributed by atoms with Crippen LogP contribution in [0, 0.1) is 0 Å². The zero-order valence-electron chi connectivity index (χ0n) is 9.52. The van der Waals surface area contributed by atoms with Crippen molar-refractivity contribution in [1.29, 1.82) is 0 Å². The fourth-order valence-corrected chi connectivity index (χ4v) is 1.92. The highest BCUT2D eigenvalue weighted by molar-refractivity contribution is 5.96. The van der Waals surface area contributed by atoms with Gasteiger partial charge >= 0.3 is 0 Å². The molecule has 0 spiro atoms. The van der Waals surface area contributed by atoms with Gasteiger partial charge in [-0.2, -0.15) is 0 Å². The van der Waals surface area contributed by atoms with Crippen molar-refractivity contribution < 1.29 is 15.0 Å². The van der Waals surface area contributed by atoms with Gasteiger partial charge in [0.05, 0.1) is 5.56 Å². The molecular formula is C12H16N2O3. The SMILES string of the molecule is O=C(NN1CCCCC1)c1cc(O)ccc1O. The lowest BCUT2D eigenvalue weighted by molar-refractivity contribution is 0.0747. The van der Waals surface area contributed by atoms with Gasteiger partial charge in [0.25, 0.3) is 5.91 Å². The van der Waals surface area contributed by atoms with E-state index in [4.69, 9.17) is 0 Å². The number of hydrogen-bond acceptors (Lipinski definition) is 4. The van der Waals surface area contributed by atoms with Crippen LogP contribution in [0.1, 0.15) is 29.6 Å². The first-order valence-corrected chi connectivity index (χ1v) is 5.75. The Bertz CT molecular complexity index is 414. The van der Waals surface area contributed by atoms with Crippen molar-refractivity contribution in [3.63, 3.8) is 0 Å². The number of nitrogens with one attached hydrogen (secondary N) is 1. The van der Waals surface area contributed by atoms with Gasteiger partial charge in [-0.15, -0.1) is 0 Å². The Morgan fingerprint density at radius 3 is 2.59 bits per heavy atom. The van der Waals surface area contributed by atoms with Crippen LogP contribution in [0.3, 0.4) is 0 Å². The Hall–Kier alpha value is -1.75. The van der Waals surface area contributed by atoms with Crippen molar-refractivity contribution in [3.8, 4) is 11.5 Å². The maximum atomic E-state index is 11.9. The van der Waals surface area contributed by atoms with E-state index in [1.807, 2.05) is 5.01 Å². The first-order valence-electron chi connectivity index (χ1n) is 5.75. The molecule has 1 fully saturated rings. The average molecular weight is 236 g/mol. The largest absolute Gasteiger partial charge is 0.508 e. The Morgan fingerprint density at radius 2 is 1.88 bits per heavy atom. The molecule has 0 saturated carbocycles. The first-order chi connectivity index (χ1) is 8.16. The van der Waals surface area contributed by atoms with Crippen molar-refractivity contribution in [3.05, 3.63) is 23.8 Å². The summed E-state index contributed by atoms with van der Waals surface area (Å²) in [7, 11) is 0. The van der Waals surface area contributed by atoms with Gasteiger partial charge in [0, 0.05) is 13.1 Å². The summed E-state index contributed by atoms with van der Waals surface area (Å²) in [6, 6.07) is 3.90. The van der Waals surface area contributed by atoms with Crippen LogP contribution in [0.4, 0.5) is 0 Å². The number of aromatic hydroxyl groups is 2. The van der Waals surface area contributed by atoms with Crippen LogP contribution in [0.2, 0.25) is 0 Å². The van der Waals surface area contributed by atoms with Crippen molar-refractivity contribution in [2.45, 2.75) is 19.3 Å². The number of phenols is 2. The lowest BCUT2D eigenvalue weighted by Crippen LogP contribution is -2.45. The lowest BCUT2D eigenvalue weighted by Gasteiger charge is -2.26. The summed E-state index contributed by atoms with van der Waals surface area (Å²) in [5, 5.41) is 20.7. The van der Waals surface area contributed by atoms with Crippen molar-refractivity contribution in [2.24, 2.45) is 0 Å². The second kappa shape index (κ2) is 5.05. The molecule has 5 nitrogen and oxygen atoms in total. The summed E-state index contributed by atoms with van der Waals surface area (Å²) in [5.74, 6) is -0.552. The number of piperidine rings is 1. The molecule has 0 atom stereocenters. The van der Waals surface area contributed by atoms with E-state index in [-0.39, 0.29) is 23.0 Å². The molecule has 3 N–H and O–H groups in total. The zero-order valence-corrected chi connectivity index (χ0v) is 9.52. The summed E-state index contributed by atoms with van der Waals surface area (Å²) >= 11 is 0. The molecule has 1 saturated heterocycles. The minimum absolute atomic E-state index is 0.0356.